The van der Waals surface area contributed by atoms with Gasteiger partial charge in [-0.2, -0.15) is 0 Å². The van der Waals surface area contributed by atoms with Crippen LogP contribution in [0.3, 0.4) is 0 Å². The van der Waals surface area contributed by atoms with Crippen molar-refractivity contribution in [3.8, 4) is 22.6 Å². The molecule has 31 heavy (non-hydrogen) atoms. The predicted octanol–water partition coefficient (Wildman–Crippen LogP) is 5.67. The first-order valence-corrected chi connectivity index (χ1v) is 11.0. The van der Waals surface area contributed by atoms with Crippen LogP contribution >= 0.6 is 15.9 Å². The predicted molar refractivity (Wildman–Crippen MR) is 127 cm³/mol. The Balaban J connectivity index is 1.61. The quantitative estimate of drug-likeness (QED) is 0.426. The van der Waals surface area contributed by atoms with Crippen molar-refractivity contribution in [2.45, 2.75) is 32.2 Å². The number of nitrogens with zero attached hydrogens (tertiary/aromatic N) is 1. The number of carbonyl (C=O) groups is 1. The molecule has 0 radical (unpaired) electrons. The molecule has 0 bridgehead atoms. The summed E-state index contributed by atoms with van der Waals surface area (Å²) in [5.41, 5.74) is 3.79. The zero-order chi connectivity index (χ0) is 22.2. The van der Waals surface area contributed by atoms with Gasteiger partial charge in [-0.15, -0.1) is 0 Å². The van der Waals surface area contributed by atoms with Crippen LogP contribution in [0.25, 0.3) is 11.1 Å². The molecule has 2 aromatic carbocycles. The molecule has 0 saturated heterocycles. The van der Waals surface area contributed by atoms with E-state index in [0.29, 0.717) is 17.1 Å². The summed E-state index contributed by atoms with van der Waals surface area (Å²) in [6, 6.07) is 15.5. The Morgan fingerprint density at radius 3 is 2.58 bits per heavy atom. The lowest BCUT2D eigenvalue weighted by Crippen LogP contribution is -2.32. The fraction of sp³-hybridized carbons (Fsp3) is 0.280. The van der Waals surface area contributed by atoms with Gasteiger partial charge in [-0.1, -0.05) is 34.1 Å². The van der Waals surface area contributed by atoms with Gasteiger partial charge in [-0.05, 0) is 73.2 Å². The summed E-state index contributed by atoms with van der Waals surface area (Å²) >= 11 is 3.61. The first kappa shape index (κ1) is 22.8. The lowest BCUT2D eigenvalue weighted by Gasteiger charge is -2.15. The monoisotopic (exact) mass is 482 g/mol. The van der Waals surface area contributed by atoms with E-state index in [2.05, 4.69) is 32.3 Å². The SMILES string of the molecule is COc1ccc(-c2ccc(C(=O)NC(C)CCCc3cccnc3)cc2Br)cc1OC. The number of carbonyl (C=O) groups excluding carboxylic acids is 1. The lowest BCUT2D eigenvalue weighted by molar-refractivity contribution is 0.0938. The van der Waals surface area contributed by atoms with Gasteiger partial charge < -0.3 is 14.8 Å². The Bertz CT molecular complexity index is 1020. The van der Waals surface area contributed by atoms with Crippen molar-refractivity contribution in [3.63, 3.8) is 0 Å². The third-order valence-corrected chi connectivity index (χ3v) is 5.78. The number of pyridine rings is 1. The summed E-state index contributed by atoms with van der Waals surface area (Å²) in [4.78, 5) is 16.8. The molecule has 162 valence electrons. The van der Waals surface area contributed by atoms with Gasteiger partial charge in [0.25, 0.3) is 5.91 Å². The molecule has 1 unspecified atom stereocenters. The number of halogens is 1. The van der Waals surface area contributed by atoms with E-state index in [4.69, 9.17) is 9.47 Å². The van der Waals surface area contributed by atoms with Crippen LogP contribution in [0.4, 0.5) is 0 Å². The summed E-state index contributed by atoms with van der Waals surface area (Å²) in [6.45, 7) is 2.04. The Hall–Kier alpha value is -2.86. The fourth-order valence-electron chi connectivity index (χ4n) is 3.43. The van der Waals surface area contributed by atoms with Crippen LogP contribution in [-0.4, -0.2) is 31.2 Å². The standard InChI is InChI=1S/C25H27BrN2O3/c1-17(6-4-7-18-8-5-13-27-16-18)28-25(29)20-9-11-21(22(26)14-20)19-10-12-23(30-2)24(15-19)31-3/h5,8-17H,4,6-7H2,1-3H3,(H,28,29). The second kappa shape index (κ2) is 11.0. The molecular formula is C25H27BrN2O3. The molecule has 3 rings (SSSR count). The van der Waals surface area contributed by atoms with Crippen molar-refractivity contribution in [1.29, 1.82) is 0 Å². The smallest absolute Gasteiger partial charge is 0.251 e. The zero-order valence-corrected chi connectivity index (χ0v) is 19.6. The minimum absolute atomic E-state index is 0.0755. The zero-order valence-electron chi connectivity index (χ0n) is 18.0. The van der Waals surface area contributed by atoms with Gasteiger partial charge in [-0.3, -0.25) is 9.78 Å². The summed E-state index contributed by atoms with van der Waals surface area (Å²) < 4.78 is 11.5. The third kappa shape index (κ3) is 6.07. The van der Waals surface area contributed by atoms with Crippen molar-refractivity contribution >= 4 is 21.8 Å². The average molecular weight is 483 g/mol. The van der Waals surface area contributed by atoms with E-state index in [1.54, 1.807) is 20.4 Å². The number of aromatic nitrogens is 1. The molecule has 0 fully saturated rings. The number of benzene rings is 2. The Morgan fingerprint density at radius 1 is 1.10 bits per heavy atom. The molecule has 1 amide bonds. The van der Waals surface area contributed by atoms with E-state index in [0.717, 1.165) is 34.9 Å². The topological polar surface area (TPSA) is 60.5 Å². The fourth-order valence-corrected chi connectivity index (χ4v) is 4.04. The van der Waals surface area contributed by atoms with Crippen molar-refractivity contribution in [1.82, 2.24) is 10.3 Å². The largest absolute Gasteiger partial charge is 0.493 e. The molecule has 1 heterocycles. The van der Waals surface area contributed by atoms with E-state index in [-0.39, 0.29) is 11.9 Å². The van der Waals surface area contributed by atoms with Crippen molar-refractivity contribution in [3.05, 3.63) is 76.5 Å². The van der Waals surface area contributed by atoms with Crippen molar-refractivity contribution in [2.75, 3.05) is 14.2 Å². The van der Waals surface area contributed by atoms with Gasteiger partial charge >= 0.3 is 0 Å². The second-order valence-electron chi connectivity index (χ2n) is 7.39. The molecule has 0 aliphatic carbocycles. The number of methoxy groups -OCH3 is 2. The normalized spacial score (nSPS) is 11.6. The van der Waals surface area contributed by atoms with Gasteiger partial charge in [0.15, 0.2) is 11.5 Å². The number of nitrogens with one attached hydrogen (secondary N) is 1. The molecule has 6 heteroatoms. The maximum absolute atomic E-state index is 12.7. The highest BCUT2D eigenvalue weighted by molar-refractivity contribution is 9.10. The minimum atomic E-state index is -0.0755. The lowest BCUT2D eigenvalue weighted by atomic mass is 10.0. The van der Waals surface area contributed by atoms with Gasteiger partial charge in [0.1, 0.15) is 0 Å². The molecule has 1 atom stereocenters. The van der Waals surface area contributed by atoms with Crippen LogP contribution in [-0.2, 0) is 6.42 Å². The molecule has 5 nitrogen and oxygen atoms in total. The Kier molecular flexibility index (Phi) is 8.06. The van der Waals surface area contributed by atoms with Crippen LogP contribution in [0.5, 0.6) is 11.5 Å². The van der Waals surface area contributed by atoms with Crippen LogP contribution < -0.4 is 14.8 Å². The Morgan fingerprint density at radius 2 is 1.90 bits per heavy atom. The highest BCUT2D eigenvalue weighted by Crippen LogP contribution is 2.35. The number of hydrogen-bond acceptors (Lipinski definition) is 4. The van der Waals surface area contributed by atoms with E-state index in [1.807, 2.05) is 55.6 Å². The van der Waals surface area contributed by atoms with Crippen molar-refractivity contribution < 1.29 is 14.3 Å². The van der Waals surface area contributed by atoms with E-state index in [9.17, 15) is 4.79 Å². The van der Waals surface area contributed by atoms with E-state index in [1.165, 1.54) is 5.56 Å². The average Bonchev–Trinajstić information content (AvgIpc) is 2.79. The summed E-state index contributed by atoms with van der Waals surface area (Å²) in [7, 11) is 3.22. The maximum Gasteiger partial charge on any atom is 0.251 e. The van der Waals surface area contributed by atoms with E-state index >= 15 is 0 Å². The number of hydrogen-bond donors (Lipinski definition) is 1. The maximum atomic E-state index is 12.7. The van der Waals surface area contributed by atoms with Gasteiger partial charge in [0.05, 0.1) is 14.2 Å². The number of rotatable bonds is 9. The van der Waals surface area contributed by atoms with Crippen LogP contribution in [0.2, 0.25) is 0 Å². The summed E-state index contributed by atoms with van der Waals surface area (Å²) in [5, 5.41) is 3.09. The third-order valence-electron chi connectivity index (χ3n) is 5.13. The highest BCUT2D eigenvalue weighted by atomic mass is 79.9. The molecule has 1 aromatic heterocycles. The molecule has 3 aromatic rings. The Labute approximate surface area is 191 Å². The van der Waals surface area contributed by atoms with Crippen LogP contribution in [0, 0.1) is 0 Å². The second-order valence-corrected chi connectivity index (χ2v) is 8.25. The van der Waals surface area contributed by atoms with Gasteiger partial charge in [-0.25, -0.2) is 0 Å². The first-order valence-electron chi connectivity index (χ1n) is 10.2. The van der Waals surface area contributed by atoms with Crippen LogP contribution in [0.1, 0.15) is 35.7 Å². The highest BCUT2D eigenvalue weighted by Gasteiger charge is 2.14. The molecule has 0 aliphatic heterocycles. The molecule has 0 spiro atoms. The summed E-state index contributed by atoms with van der Waals surface area (Å²) in [6.07, 6.45) is 6.53. The first-order chi connectivity index (χ1) is 15.0. The van der Waals surface area contributed by atoms with Crippen LogP contribution in [0.15, 0.2) is 65.4 Å². The number of amides is 1. The molecule has 0 saturated carbocycles. The molecular weight excluding hydrogens is 456 g/mol. The van der Waals surface area contributed by atoms with Crippen molar-refractivity contribution in [2.24, 2.45) is 0 Å². The summed E-state index contributed by atoms with van der Waals surface area (Å²) in [5.74, 6) is 1.26. The van der Waals surface area contributed by atoms with Gasteiger partial charge in [0.2, 0.25) is 0 Å². The van der Waals surface area contributed by atoms with E-state index < -0.39 is 0 Å². The number of ether oxygens (including phenoxy) is 2. The van der Waals surface area contributed by atoms with Gasteiger partial charge in [0, 0.05) is 28.5 Å². The number of aryl methyl sites for hydroxylation is 1. The minimum Gasteiger partial charge on any atom is -0.493 e. The molecule has 1 N–H and O–H groups in total. The molecule has 0 aliphatic rings.